The van der Waals surface area contributed by atoms with Gasteiger partial charge in [0.2, 0.25) is 10.0 Å². The van der Waals surface area contributed by atoms with Crippen molar-refractivity contribution in [3.63, 3.8) is 0 Å². The molecule has 1 N–H and O–H groups in total. The number of fused-ring (bicyclic) bond motifs is 1. The molecule has 162 valence electrons. The third-order valence-corrected chi connectivity index (χ3v) is 7.74. The Kier molecular flexibility index (Phi) is 6.30. The summed E-state index contributed by atoms with van der Waals surface area (Å²) in [5, 5.41) is 3.02. The largest absolute Gasteiger partial charge is 0.452 e. The van der Waals surface area contributed by atoms with Crippen molar-refractivity contribution in [3.8, 4) is 0 Å². The van der Waals surface area contributed by atoms with Gasteiger partial charge in [0.25, 0.3) is 5.91 Å². The maximum atomic E-state index is 12.8. The molecule has 8 nitrogen and oxygen atoms in total. The van der Waals surface area contributed by atoms with E-state index < -0.39 is 28.5 Å². The van der Waals surface area contributed by atoms with Crippen LogP contribution in [0.25, 0.3) is 10.2 Å². The van der Waals surface area contributed by atoms with E-state index in [9.17, 15) is 18.0 Å². The minimum atomic E-state index is -3.66. The highest BCUT2D eigenvalue weighted by atomic mass is 32.2. The normalized spacial score (nSPS) is 15.0. The molecule has 0 atom stereocenters. The number of benzene rings is 2. The number of hydrogen-bond acceptors (Lipinski definition) is 7. The topological polar surface area (TPSA) is 106 Å². The van der Waals surface area contributed by atoms with Crippen LogP contribution in [0.4, 0.5) is 5.13 Å². The Morgan fingerprint density at radius 2 is 1.84 bits per heavy atom. The van der Waals surface area contributed by atoms with Crippen LogP contribution < -0.4 is 5.32 Å². The van der Waals surface area contributed by atoms with Gasteiger partial charge in [-0.3, -0.25) is 10.1 Å². The molecule has 0 spiro atoms. The Balaban J connectivity index is 1.38. The van der Waals surface area contributed by atoms with Crippen LogP contribution in [0.15, 0.2) is 53.4 Å². The van der Waals surface area contributed by atoms with E-state index in [0.717, 1.165) is 29.5 Å². The Morgan fingerprint density at radius 3 is 2.61 bits per heavy atom. The molecule has 2 heterocycles. The number of rotatable bonds is 6. The number of aromatic nitrogens is 1. The number of carbonyl (C=O) groups excluding carboxylic acids is 2. The quantitative estimate of drug-likeness (QED) is 0.567. The summed E-state index contributed by atoms with van der Waals surface area (Å²) in [6.45, 7) is 0.448. The molecule has 2 aromatic carbocycles. The number of piperidine rings is 1. The molecule has 3 aromatic rings. The summed E-state index contributed by atoms with van der Waals surface area (Å²) < 4.78 is 33.1. The van der Waals surface area contributed by atoms with Gasteiger partial charge in [-0.25, -0.2) is 18.2 Å². The lowest BCUT2D eigenvalue weighted by Crippen LogP contribution is -2.35. The third-order valence-electron chi connectivity index (χ3n) is 4.90. The Bertz CT molecular complexity index is 1180. The van der Waals surface area contributed by atoms with Gasteiger partial charge in [-0.05, 0) is 43.2 Å². The van der Waals surface area contributed by atoms with E-state index in [2.05, 4.69) is 10.3 Å². The van der Waals surface area contributed by atoms with Crippen LogP contribution in [0.3, 0.4) is 0 Å². The fourth-order valence-corrected chi connectivity index (χ4v) is 5.78. The fourth-order valence-electron chi connectivity index (χ4n) is 3.33. The molecular formula is C21H21N3O5S2. The van der Waals surface area contributed by atoms with E-state index in [1.165, 1.54) is 39.9 Å². The van der Waals surface area contributed by atoms with Crippen LogP contribution in [0.5, 0.6) is 0 Å². The highest BCUT2D eigenvalue weighted by Gasteiger charge is 2.26. The summed E-state index contributed by atoms with van der Waals surface area (Å²) in [7, 11) is -3.66. The number of anilines is 1. The van der Waals surface area contributed by atoms with Gasteiger partial charge >= 0.3 is 5.97 Å². The highest BCUT2D eigenvalue weighted by molar-refractivity contribution is 7.89. The number of hydrogen-bond donors (Lipinski definition) is 1. The van der Waals surface area contributed by atoms with Crippen LogP contribution in [0, 0.1) is 0 Å². The lowest BCUT2D eigenvalue weighted by molar-refractivity contribution is -0.119. The smallest absolute Gasteiger partial charge is 0.338 e. The lowest BCUT2D eigenvalue weighted by Gasteiger charge is -2.25. The molecule has 0 saturated carbocycles. The molecule has 4 rings (SSSR count). The van der Waals surface area contributed by atoms with Crippen molar-refractivity contribution in [1.29, 1.82) is 0 Å². The number of sulfonamides is 1. The van der Waals surface area contributed by atoms with Crippen molar-refractivity contribution in [2.45, 2.75) is 24.2 Å². The van der Waals surface area contributed by atoms with Crippen molar-refractivity contribution < 1.29 is 22.7 Å². The van der Waals surface area contributed by atoms with Crippen molar-refractivity contribution in [3.05, 3.63) is 54.1 Å². The first-order chi connectivity index (χ1) is 14.9. The van der Waals surface area contributed by atoms with Gasteiger partial charge in [-0.15, -0.1) is 0 Å². The molecule has 1 aromatic heterocycles. The van der Waals surface area contributed by atoms with Gasteiger partial charge in [-0.2, -0.15) is 4.31 Å². The van der Waals surface area contributed by atoms with Crippen LogP contribution in [0.2, 0.25) is 0 Å². The SMILES string of the molecule is O=C(COC(=O)c1cccc(S(=O)(=O)N2CCCCC2)c1)Nc1nc2ccccc2s1. The van der Waals surface area contributed by atoms with E-state index >= 15 is 0 Å². The molecule has 10 heteroatoms. The van der Waals surface area contributed by atoms with Crippen molar-refractivity contribution in [2.75, 3.05) is 25.0 Å². The molecule has 0 aliphatic carbocycles. The lowest BCUT2D eigenvalue weighted by atomic mass is 10.2. The van der Waals surface area contributed by atoms with Crippen LogP contribution in [-0.4, -0.2) is 49.3 Å². The minimum Gasteiger partial charge on any atom is -0.452 e. The van der Waals surface area contributed by atoms with Crippen molar-refractivity contribution >= 4 is 48.6 Å². The number of thiazole rings is 1. The summed E-state index contributed by atoms with van der Waals surface area (Å²) in [6.07, 6.45) is 2.66. The second-order valence-corrected chi connectivity index (χ2v) is 10.1. The predicted molar refractivity (Wildman–Crippen MR) is 118 cm³/mol. The van der Waals surface area contributed by atoms with Crippen LogP contribution >= 0.6 is 11.3 Å². The van der Waals surface area contributed by atoms with Crippen molar-refractivity contribution in [1.82, 2.24) is 9.29 Å². The summed E-state index contributed by atoms with van der Waals surface area (Å²) in [5.74, 6) is -1.29. The molecular weight excluding hydrogens is 438 g/mol. The van der Waals surface area contributed by atoms with Gasteiger partial charge in [0.1, 0.15) is 0 Å². The van der Waals surface area contributed by atoms with Crippen molar-refractivity contribution in [2.24, 2.45) is 0 Å². The zero-order chi connectivity index (χ0) is 21.8. The summed E-state index contributed by atoms with van der Waals surface area (Å²) in [4.78, 5) is 28.8. The molecule has 0 unspecified atom stereocenters. The van der Waals surface area contributed by atoms with Crippen LogP contribution in [-0.2, 0) is 19.6 Å². The molecule has 1 aliphatic rings. The Morgan fingerprint density at radius 1 is 1.06 bits per heavy atom. The number of nitrogens with zero attached hydrogens (tertiary/aromatic N) is 2. The van der Waals surface area contributed by atoms with E-state index in [0.29, 0.717) is 18.2 Å². The first-order valence-corrected chi connectivity index (χ1v) is 12.1. The van der Waals surface area contributed by atoms with E-state index in [1.807, 2.05) is 24.3 Å². The summed E-state index contributed by atoms with van der Waals surface area (Å²) >= 11 is 1.32. The first kappa shape index (κ1) is 21.4. The van der Waals surface area contributed by atoms with Gasteiger partial charge < -0.3 is 4.74 Å². The van der Waals surface area contributed by atoms with Gasteiger partial charge in [0, 0.05) is 13.1 Å². The van der Waals surface area contributed by atoms with E-state index in [4.69, 9.17) is 4.74 Å². The number of para-hydroxylation sites is 1. The van der Waals surface area contributed by atoms with Gasteiger partial charge in [-0.1, -0.05) is 36.0 Å². The fraction of sp³-hybridized carbons (Fsp3) is 0.286. The standard InChI is InChI=1S/C21H21N3O5S2/c25-19(23-21-22-17-9-2-3-10-18(17)30-21)14-29-20(26)15-7-6-8-16(13-15)31(27,28)24-11-4-1-5-12-24/h2-3,6-10,13H,1,4-5,11-12,14H2,(H,22,23,25). The molecule has 1 amide bonds. The molecule has 31 heavy (non-hydrogen) atoms. The number of esters is 1. The summed E-state index contributed by atoms with van der Waals surface area (Å²) in [6, 6.07) is 13.2. The summed E-state index contributed by atoms with van der Waals surface area (Å²) in [5.41, 5.74) is 0.845. The third kappa shape index (κ3) is 4.92. The highest BCUT2D eigenvalue weighted by Crippen LogP contribution is 2.25. The van der Waals surface area contributed by atoms with E-state index in [1.54, 1.807) is 0 Å². The Hall–Kier alpha value is -2.82. The van der Waals surface area contributed by atoms with E-state index in [-0.39, 0.29) is 10.5 Å². The predicted octanol–water partition coefficient (Wildman–Crippen LogP) is 3.27. The number of carbonyl (C=O) groups is 2. The number of ether oxygens (including phenoxy) is 1. The zero-order valence-electron chi connectivity index (χ0n) is 16.6. The average molecular weight is 460 g/mol. The average Bonchev–Trinajstić information content (AvgIpc) is 3.20. The maximum absolute atomic E-state index is 12.8. The second-order valence-electron chi connectivity index (χ2n) is 7.10. The van der Waals surface area contributed by atoms with Crippen LogP contribution in [0.1, 0.15) is 29.6 Å². The minimum absolute atomic E-state index is 0.0442. The molecule has 1 fully saturated rings. The Labute approximate surface area is 183 Å². The second kappa shape index (κ2) is 9.13. The molecule has 0 radical (unpaired) electrons. The number of nitrogens with one attached hydrogen (secondary N) is 1. The zero-order valence-corrected chi connectivity index (χ0v) is 18.2. The molecule has 1 saturated heterocycles. The molecule has 0 bridgehead atoms. The molecule has 1 aliphatic heterocycles. The maximum Gasteiger partial charge on any atom is 0.338 e. The van der Waals surface area contributed by atoms with Gasteiger partial charge in [0.15, 0.2) is 11.7 Å². The monoisotopic (exact) mass is 459 g/mol. The first-order valence-electron chi connectivity index (χ1n) is 9.86. The van der Waals surface area contributed by atoms with Gasteiger partial charge in [0.05, 0.1) is 20.7 Å². The number of amides is 1.